The third-order valence-electron chi connectivity index (χ3n) is 6.53. The number of piperidine rings is 3. The SMILES string of the molecule is O=C1c2cccc3c2[C@H](CCC3)CN1C1CN2CCC1CC2. The first kappa shape index (κ1) is 13.1. The first-order valence-corrected chi connectivity index (χ1v) is 8.96. The molecule has 4 heterocycles. The van der Waals surface area contributed by atoms with Gasteiger partial charge in [0, 0.05) is 30.6 Å². The van der Waals surface area contributed by atoms with Gasteiger partial charge < -0.3 is 9.80 Å². The summed E-state index contributed by atoms with van der Waals surface area (Å²) in [5.74, 6) is 1.64. The Morgan fingerprint density at radius 3 is 2.68 bits per heavy atom. The van der Waals surface area contributed by atoms with Gasteiger partial charge in [-0.3, -0.25) is 4.79 Å². The van der Waals surface area contributed by atoms with Crippen LogP contribution in [-0.4, -0.2) is 47.9 Å². The van der Waals surface area contributed by atoms with Gasteiger partial charge in [0.2, 0.25) is 0 Å². The monoisotopic (exact) mass is 296 g/mol. The zero-order chi connectivity index (χ0) is 14.7. The van der Waals surface area contributed by atoms with Crippen LogP contribution < -0.4 is 0 Å². The van der Waals surface area contributed by atoms with Gasteiger partial charge in [0.1, 0.15) is 0 Å². The minimum absolute atomic E-state index is 0.314. The van der Waals surface area contributed by atoms with Gasteiger partial charge in [-0.1, -0.05) is 12.1 Å². The summed E-state index contributed by atoms with van der Waals surface area (Å²) in [6.45, 7) is 4.57. The predicted octanol–water partition coefficient (Wildman–Crippen LogP) is 2.66. The van der Waals surface area contributed by atoms with Gasteiger partial charge >= 0.3 is 0 Å². The van der Waals surface area contributed by atoms with Crippen molar-refractivity contribution in [3.8, 4) is 0 Å². The molecule has 0 spiro atoms. The van der Waals surface area contributed by atoms with Gasteiger partial charge in [-0.25, -0.2) is 0 Å². The van der Waals surface area contributed by atoms with Crippen LogP contribution in [0.4, 0.5) is 0 Å². The molecule has 116 valence electrons. The Balaban J connectivity index is 1.53. The van der Waals surface area contributed by atoms with E-state index in [1.807, 2.05) is 0 Å². The average molecular weight is 296 g/mol. The fraction of sp³-hybridized carbons (Fsp3) is 0.632. The van der Waals surface area contributed by atoms with Crippen molar-refractivity contribution in [2.75, 3.05) is 26.2 Å². The number of hydrogen-bond acceptors (Lipinski definition) is 2. The fourth-order valence-electron chi connectivity index (χ4n) is 5.41. The molecule has 0 aromatic heterocycles. The lowest BCUT2D eigenvalue weighted by molar-refractivity contribution is 0.00258. The number of aryl methyl sites for hydroxylation is 1. The first-order chi connectivity index (χ1) is 10.8. The highest BCUT2D eigenvalue weighted by Crippen LogP contribution is 2.41. The molecular weight excluding hydrogens is 272 g/mol. The summed E-state index contributed by atoms with van der Waals surface area (Å²) in [6, 6.07) is 6.87. The van der Waals surface area contributed by atoms with Gasteiger partial charge in [0.05, 0.1) is 0 Å². The van der Waals surface area contributed by atoms with Crippen LogP contribution in [0.25, 0.3) is 0 Å². The van der Waals surface area contributed by atoms with Crippen LogP contribution in [0.2, 0.25) is 0 Å². The summed E-state index contributed by atoms with van der Waals surface area (Å²) >= 11 is 0. The maximum Gasteiger partial charge on any atom is 0.254 e. The smallest absolute Gasteiger partial charge is 0.254 e. The molecule has 1 aromatic rings. The molecule has 22 heavy (non-hydrogen) atoms. The van der Waals surface area contributed by atoms with Crippen LogP contribution >= 0.6 is 0 Å². The molecule has 0 radical (unpaired) electrons. The van der Waals surface area contributed by atoms with Crippen molar-refractivity contribution in [1.29, 1.82) is 0 Å². The normalized spacial score (nSPS) is 36.4. The molecule has 3 saturated heterocycles. The Morgan fingerprint density at radius 2 is 1.91 bits per heavy atom. The topological polar surface area (TPSA) is 23.6 Å². The van der Waals surface area contributed by atoms with E-state index in [1.165, 1.54) is 49.9 Å². The van der Waals surface area contributed by atoms with Crippen LogP contribution in [0, 0.1) is 5.92 Å². The lowest BCUT2D eigenvalue weighted by Gasteiger charge is -2.51. The van der Waals surface area contributed by atoms with E-state index in [2.05, 4.69) is 28.0 Å². The van der Waals surface area contributed by atoms with Crippen molar-refractivity contribution in [2.24, 2.45) is 5.92 Å². The maximum absolute atomic E-state index is 13.1. The second-order valence-electron chi connectivity index (χ2n) is 7.63. The molecule has 1 aliphatic carbocycles. The van der Waals surface area contributed by atoms with Gasteiger partial charge in [0.25, 0.3) is 5.91 Å². The highest BCUT2D eigenvalue weighted by molar-refractivity contribution is 5.97. The van der Waals surface area contributed by atoms with Crippen molar-refractivity contribution in [3.05, 3.63) is 34.9 Å². The highest BCUT2D eigenvalue weighted by atomic mass is 16.2. The molecule has 3 nitrogen and oxygen atoms in total. The molecule has 2 atom stereocenters. The second kappa shape index (κ2) is 4.82. The molecule has 3 fully saturated rings. The molecule has 5 aliphatic rings. The average Bonchev–Trinajstić information content (AvgIpc) is 2.59. The molecule has 6 rings (SSSR count). The van der Waals surface area contributed by atoms with Crippen LogP contribution in [0.5, 0.6) is 0 Å². The number of fused-ring (bicyclic) bond motifs is 3. The van der Waals surface area contributed by atoms with Crippen molar-refractivity contribution in [1.82, 2.24) is 9.80 Å². The lowest BCUT2D eigenvalue weighted by atomic mass is 9.75. The largest absolute Gasteiger partial charge is 0.333 e. The minimum atomic E-state index is 0.314. The summed E-state index contributed by atoms with van der Waals surface area (Å²) in [7, 11) is 0. The van der Waals surface area contributed by atoms with E-state index in [4.69, 9.17) is 0 Å². The Morgan fingerprint density at radius 1 is 1.05 bits per heavy atom. The number of rotatable bonds is 1. The summed E-state index contributed by atoms with van der Waals surface area (Å²) in [5, 5.41) is 0. The van der Waals surface area contributed by atoms with E-state index < -0.39 is 0 Å². The molecule has 4 aliphatic heterocycles. The Hall–Kier alpha value is -1.35. The molecule has 2 bridgehead atoms. The van der Waals surface area contributed by atoms with E-state index in [0.29, 0.717) is 17.9 Å². The summed E-state index contributed by atoms with van der Waals surface area (Å²) in [5.41, 5.74) is 3.86. The van der Waals surface area contributed by atoms with E-state index >= 15 is 0 Å². The van der Waals surface area contributed by atoms with Gasteiger partial charge in [-0.2, -0.15) is 0 Å². The Labute approximate surface area is 132 Å². The minimum Gasteiger partial charge on any atom is -0.333 e. The Kier molecular flexibility index (Phi) is 2.88. The zero-order valence-corrected chi connectivity index (χ0v) is 13.1. The van der Waals surface area contributed by atoms with E-state index in [1.54, 1.807) is 0 Å². The van der Waals surface area contributed by atoms with Crippen molar-refractivity contribution < 1.29 is 4.79 Å². The highest BCUT2D eigenvalue weighted by Gasteiger charge is 2.43. The number of benzene rings is 1. The zero-order valence-electron chi connectivity index (χ0n) is 13.1. The van der Waals surface area contributed by atoms with Crippen molar-refractivity contribution >= 4 is 5.91 Å². The fourth-order valence-corrected chi connectivity index (χ4v) is 5.41. The van der Waals surface area contributed by atoms with Crippen molar-refractivity contribution in [3.63, 3.8) is 0 Å². The lowest BCUT2D eigenvalue weighted by Crippen LogP contribution is -2.60. The third-order valence-corrected chi connectivity index (χ3v) is 6.53. The summed E-state index contributed by atoms with van der Waals surface area (Å²) in [6.07, 6.45) is 6.27. The number of carbonyl (C=O) groups is 1. The Bertz CT molecular complexity index is 618. The molecule has 1 amide bonds. The number of amides is 1. The van der Waals surface area contributed by atoms with Crippen molar-refractivity contribution in [2.45, 2.75) is 44.1 Å². The molecular formula is C19H24N2O. The number of carbonyl (C=O) groups excluding carboxylic acids is 1. The van der Waals surface area contributed by atoms with Gasteiger partial charge in [0.15, 0.2) is 0 Å². The quantitative estimate of drug-likeness (QED) is 0.795. The van der Waals surface area contributed by atoms with Crippen LogP contribution in [0.1, 0.15) is 53.1 Å². The second-order valence-corrected chi connectivity index (χ2v) is 7.63. The first-order valence-electron chi connectivity index (χ1n) is 8.96. The van der Waals surface area contributed by atoms with E-state index in [9.17, 15) is 4.79 Å². The maximum atomic E-state index is 13.1. The van der Waals surface area contributed by atoms with Crippen LogP contribution in [0.3, 0.4) is 0 Å². The van der Waals surface area contributed by atoms with Gasteiger partial charge in [-0.15, -0.1) is 0 Å². The molecule has 1 unspecified atom stereocenters. The van der Waals surface area contributed by atoms with Gasteiger partial charge in [-0.05, 0) is 68.3 Å². The standard InChI is InChI=1S/C19H24N2O/c22-19-16-6-2-4-14-3-1-5-15(18(14)16)11-21(19)17-12-20-9-7-13(17)8-10-20/h2,4,6,13,15,17H,1,3,5,7-12H2/t15-,17?/m1/s1. The van der Waals surface area contributed by atoms with Crippen LogP contribution in [-0.2, 0) is 6.42 Å². The molecule has 1 aromatic carbocycles. The molecule has 0 N–H and O–H groups in total. The molecule has 0 saturated carbocycles. The van der Waals surface area contributed by atoms with E-state index in [0.717, 1.165) is 31.0 Å². The third kappa shape index (κ3) is 1.81. The number of hydrogen-bond donors (Lipinski definition) is 0. The molecule has 3 heteroatoms. The van der Waals surface area contributed by atoms with Crippen LogP contribution in [0.15, 0.2) is 18.2 Å². The predicted molar refractivity (Wildman–Crippen MR) is 86.1 cm³/mol. The number of nitrogens with zero attached hydrogens (tertiary/aromatic N) is 2. The summed E-state index contributed by atoms with van der Waals surface area (Å²) < 4.78 is 0. The van der Waals surface area contributed by atoms with E-state index in [-0.39, 0.29) is 0 Å². The summed E-state index contributed by atoms with van der Waals surface area (Å²) in [4.78, 5) is 18.0.